The lowest BCUT2D eigenvalue weighted by Crippen LogP contribution is -2.18. The minimum absolute atomic E-state index is 0.0142. The Morgan fingerprint density at radius 3 is 2.81 bits per heavy atom. The third-order valence-electron chi connectivity index (χ3n) is 3.67. The van der Waals surface area contributed by atoms with Crippen molar-refractivity contribution in [2.75, 3.05) is 0 Å². The van der Waals surface area contributed by atoms with Gasteiger partial charge in [-0.3, -0.25) is 9.59 Å². The average Bonchev–Trinajstić information content (AvgIpc) is 3.14. The van der Waals surface area contributed by atoms with Gasteiger partial charge in [0.15, 0.2) is 0 Å². The van der Waals surface area contributed by atoms with Crippen LogP contribution >= 0.6 is 11.3 Å². The van der Waals surface area contributed by atoms with Crippen LogP contribution in [0.25, 0.3) is 0 Å². The normalized spacial score (nSPS) is 17.0. The van der Waals surface area contributed by atoms with Crippen molar-refractivity contribution >= 4 is 23.1 Å². The first-order chi connectivity index (χ1) is 10.1. The molecular weight excluding hydrogens is 286 g/mol. The van der Waals surface area contributed by atoms with Crippen LogP contribution in [-0.2, 0) is 16.1 Å². The summed E-state index contributed by atoms with van der Waals surface area (Å²) >= 11 is 1.51. The fourth-order valence-electron chi connectivity index (χ4n) is 2.74. The highest BCUT2D eigenvalue weighted by Gasteiger charge is 2.33. The van der Waals surface area contributed by atoms with Gasteiger partial charge in [0.25, 0.3) is 0 Å². The molecule has 0 N–H and O–H groups in total. The van der Waals surface area contributed by atoms with Gasteiger partial charge in [-0.15, -0.1) is 0 Å². The molecule has 0 bridgehead atoms. The second-order valence-corrected chi connectivity index (χ2v) is 6.24. The molecule has 3 rings (SSSR count). The summed E-state index contributed by atoms with van der Waals surface area (Å²) in [5.41, 5.74) is 2.25. The van der Waals surface area contributed by atoms with Crippen LogP contribution < -0.4 is 0 Å². The Kier molecular flexibility index (Phi) is 3.68. The second kappa shape index (κ2) is 5.48. The number of esters is 1. The molecule has 110 valence electrons. The van der Waals surface area contributed by atoms with Crippen molar-refractivity contribution in [3.63, 3.8) is 0 Å². The minimum Gasteiger partial charge on any atom is -0.462 e. The molecule has 0 spiro atoms. The topological polar surface area (TPSA) is 48.3 Å². The molecule has 3 heterocycles. The Balaban J connectivity index is 1.87. The van der Waals surface area contributed by atoms with Crippen LogP contribution in [0.15, 0.2) is 29.0 Å². The van der Waals surface area contributed by atoms with E-state index >= 15 is 0 Å². The van der Waals surface area contributed by atoms with E-state index in [1.807, 2.05) is 47.4 Å². The van der Waals surface area contributed by atoms with Gasteiger partial charge in [0, 0.05) is 23.2 Å². The van der Waals surface area contributed by atoms with Crippen molar-refractivity contribution in [2.45, 2.75) is 38.8 Å². The molecule has 4 nitrogen and oxygen atoms in total. The number of hydrogen-bond donors (Lipinski definition) is 0. The van der Waals surface area contributed by atoms with Gasteiger partial charge in [0.05, 0.1) is 17.7 Å². The first kappa shape index (κ1) is 14.1. The van der Waals surface area contributed by atoms with E-state index in [-0.39, 0.29) is 23.8 Å². The highest BCUT2D eigenvalue weighted by molar-refractivity contribution is 7.08. The molecule has 0 amide bonds. The Bertz CT molecular complexity index is 670. The van der Waals surface area contributed by atoms with E-state index in [1.165, 1.54) is 11.3 Å². The molecule has 1 unspecified atom stereocenters. The standard InChI is InChI=1S/C16H17NO3S/c1-10(2)20-16(19)12-5-7-17-13(12)3-4-14(17)15(18)11-6-8-21-9-11/h3-4,6,8-10,12H,5,7H2,1-2H3. The van der Waals surface area contributed by atoms with Crippen LogP contribution in [0.3, 0.4) is 0 Å². The number of carbonyl (C=O) groups excluding carboxylic acids is 2. The van der Waals surface area contributed by atoms with Crippen molar-refractivity contribution in [1.29, 1.82) is 0 Å². The Morgan fingerprint density at radius 2 is 2.14 bits per heavy atom. The summed E-state index contributed by atoms with van der Waals surface area (Å²) < 4.78 is 7.25. The number of fused-ring (bicyclic) bond motifs is 1. The summed E-state index contributed by atoms with van der Waals surface area (Å²) in [7, 11) is 0. The van der Waals surface area contributed by atoms with E-state index in [4.69, 9.17) is 4.74 Å². The van der Waals surface area contributed by atoms with Crippen LogP contribution in [0, 0.1) is 0 Å². The van der Waals surface area contributed by atoms with Gasteiger partial charge in [-0.1, -0.05) is 0 Å². The van der Waals surface area contributed by atoms with Gasteiger partial charge in [-0.25, -0.2) is 0 Å². The van der Waals surface area contributed by atoms with Gasteiger partial charge in [-0.2, -0.15) is 11.3 Å². The molecule has 1 aliphatic heterocycles. The number of carbonyl (C=O) groups is 2. The number of hydrogen-bond acceptors (Lipinski definition) is 4. The number of ketones is 1. The van der Waals surface area contributed by atoms with Gasteiger partial charge >= 0.3 is 5.97 Å². The van der Waals surface area contributed by atoms with Crippen molar-refractivity contribution in [3.8, 4) is 0 Å². The lowest BCUT2D eigenvalue weighted by molar-refractivity contribution is -0.149. The first-order valence-corrected chi connectivity index (χ1v) is 7.99. The van der Waals surface area contributed by atoms with Crippen LogP contribution in [0.1, 0.15) is 47.9 Å². The molecule has 2 aromatic heterocycles. The second-order valence-electron chi connectivity index (χ2n) is 5.46. The van der Waals surface area contributed by atoms with Gasteiger partial charge in [0.1, 0.15) is 0 Å². The molecule has 1 atom stereocenters. The minimum atomic E-state index is -0.253. The third-order valence-corrected chi connectivity index (χ3v) is 4.35. The van der Waals surface area contributed by atoms with Crippen molar-refractivity contribution in [2.24, 2.45) is 0 Å². The predicted octanol–water partition coefficient (Wildman–Crippen LogP) is 3.22. The Hall–Kier alpha value is -1.88. The molecule has 5 heteroatoms. The maximum absolute atomic E-state index is 12.5. The average molecular weight is 303 g/mol. The summed E-state index contributed by atoms with van der Waals surface area (Å²) in [4.78, 5) is 24.6. The fourth-order valence-corrected chi connectivity index (χ4v) is 3.37. The first-order valence-electron chi connectivity index (χ1n) is 7.04. The van der Waals surface area contributed by atoms with E-state index in [0.717, 1.165) is 5.69 Å². The highest BCUT2D eigenvalue weighted by atomic mass is 32.1. The van der Waals surface area contributed by atoms with Gasteiger partial charge in [-0.05, 0) is 43.8 Å². The number of nitrogens with zero attached hydrogens (tertiary/aromatic N) is 1. The fraction of sp³-hybridized carbons (Fsp3) is 0.375. The summed E-state index contributed by atoms with van der Waals surface area (Å²) in [6, 6.07) is 5.51. The number of ether oxygens (including phenoxy) is 1. The van der Waals surface area contributed by atoms with E-state index < -0.39 is 0 Å². The Morgan fingerprint density at radius 1 is 1.33 bits per heavy atom. The molecule has 0 radical (unpaired) electrons. The zero-order valence-corrected chi connectivity index (χ0v) is 12.9. The van der Waals surface area contributed by atoms with Gasteiger partial charge in [0.2, 0.25) is 5.78 Å². The lowest BCUT2D eigenvalue weighted by Gasteiger charge is -2.12. The van der Waals surface area contributed by atoms with Gasteiger partial charge < -0.3 is 9.30 Å². The summed E-state index contributed by atoms with van der Waals surface area (Å²) in [6.45, 7) is 4.38. The van der Waals surface area contributed by atoms with E-state index in [9.17, 15) is 9.59 Å². The van der Waals surface area contributed by atoms with Crippen molar-refractivity contribution in [3.05, 3.63) is 45.9 Å². The SMILES string of the molecule is CC(C)OC(=O)C1CCn2c(C(=O)c3ccsc3)ccc21. The Labute approximate surface area is 127 Å². The largest absolute Gasteiger partial charge is 0.462 e. The van der Waals surface area contributed by atoms with Crippen LogP contribution in [-0.4, -0.2) is 22.4 Å². The molecule has 2 aromatic rings. The predicted molar refractivity (Wildman–Crippen MR) is 80.8 cm³/mol. The van der Waals surface area contributed by atoms with E-state index in [1.54, 1.807) is 0 Å². The number of rotatable bonds is 4. The van der Waals surface area contributed by atoms with E-state index in [2.05, 4.69) is 0 Å². The molecule has 0 aromatic carbocycles. The lowest BCUT2D eigenvalue weighted by atomic mass is 10.1. The quantitative estimate of drug-likeness (QED) is 0.643. The summed E-state index contributed by atoms with van der Waals surface area (Å²) in [6.07, 6.45) is 0.583. The molecule has 0 saturated carbocycles. The van der Waals surface area contributed by atoms with Crippen LogP contribution in [0.2, 0.25) is 0 Å². The third kappa shape index (κ3) is 2.53. The molecule has 0 aliphatic carbocycles. The molecular formula is C16H17NO3S. The zero-order chi connectivity index (χ0) is 15.0. The van der Waals surface area contributed by atoms with Crippen molar-refractivity contribution < 1.29 is 14.3 Å². The zero-order valence-electron chi connectivity index (χ0n) is 12.0. The number of aromatic nitrogens is 1. The molecule has 0 fully saturated rings. The highest BCUT2D eigenvalue weighted by Crippen LogP contribution is 2.32. The molecule has 21 heavy (non-hydrogen) atoms. The summed E-state index contributed by atoms with van der Waals surface area (Å²) in [5, 5.41) is 3.74. The number of thiophene rings is 1. The van der Waals surface area contributed by atoms with Crippen molar-refractivity contribution in [1.82, 2.24) is 4.57 Å². The van der Waals surface area contributed by atoms with E-state index in [0.29, 0.717) is 24.2 Å². The van der Waals surface area contributed by atoms with Crippen LogP contribution in [0.4, 0.5) is 0 Å². The smallest absolute Gasteiger partial charge is 0.315 e. The monoisotopic (exact) mass is 303 g/mol. The molecule has 1 aliphatic rings. The summed E-state index contributed by atoms with van der Waals surface area (Å²) in [5.74, 6) is -0.437. The van der Waals surface area contributed by atoms with Crippen LogP contribution in [0.5, 0.6) is 0 Å². The molecule has 0 saturated heterocycles. The maximum atomic E-state index is 12.5. The maximum Gasteiger partial charge on any atom is 0.315 e.